The summed E-state index contributed by atoms with van der Waals surface area (Å²) in [4.78, 5) is 17.2. The predicted octanol–water partition coefficient (Wildman–Crippen LogP) is 2.94. The van der Waals surface area contributed by atoms with Crippen LogP contribution in [0.15, 0.2) is 34.2 Å². The summed E-state index contributed by atoms with van der Waals surface area (Å²) in [6.45, 7) is 3.50. The maximum atomic E-state index is 12.6. The number of rotatable bonds is 7. The molecule has 4 nitrogen and oxygen atoms in total. The van der Waals surface area contributed by atoms with E-state index in [1.807, 2.05) is 24.3 Å². The zero-order chi connectivity index (χ0) is 14.4. The van der Waals surface area contributed by atoms with Crippen molar-refractivity contribution in [1.29, 1.82) is 0 Å². The second-order valence-electron chi connectivity index (χ2n) is 4.56. The van der Waals surface area contributed by atoms with Crippen molar-refractivity contribution >= 4 is 22.7 Å². The summed E-state index contributed by atoms with van der Waals surface area (Å²) >= 11 is 1.58. The molecule has 0 fully saturated rings. The van der Waals surface area contributed by atoms with E-state index in [4.69, 9.17) is 4.74 Å². The van der Waals surface area contributed by atoms with Gasteiger partial charge in [0.15, 0.2) is 5.16 Å². The first-order valence-corrected chi connectivity index (χ1v) is 7.87. The standard InChI is InChI=1S/C15H20N2O2S/c1-3-4-9-17-14(18)12-7-5-6-8-13(12)16-15(17)20-11-10-19-2/h5-8H,3-4,9-11H2,1-2H3. The average Bonchev–Trinajstić information content (AvgIpc) is 2.47. The van der Waals surface area contributed by atoms with Crippen molar-refractivity contribution in [3.63, 3.8) is 0 Å². The number of hydrogen-bond donors (Lipinski definition) is 0. The lowest BCUT2D eigenvalue weighted by Crippen LogP contribution is -2.23. The Bertz CT molecular complexity index is 625. The maximum absolute atomic E-state index is 12.6. The number of nitrogens with zero attached hydrogens (tertiary/aromatic N) is 2. The van der Waals surface area contributed by atoms with Crippen LogP contribution in [0.5, 0.6) is 0 Å². The van der Waals surface area contributed by atoms with Crippen LogP contribution in [0.25, 0.3) is 10.9 Å². The molecule has 0 spiro atoms. The van der Waals surface area contributed by atoms with Gasteiger partial charge in [0.2, 0.25) is 0 Å². The number of thioether (sulfide) groups is 1. The zero-order valence-electron chi connectivity index (χ0n) is 12.0. The monoisotopic (exact) mass is 292 g/mol. The number of fused-ring (bicyclic) bond motifs is 1. The molecule has 0 aliphatic heterocycles. The average molecular weight is 292 g/mol. The second-order valence-corrected chi connectivity index (χ2v) is 5.63. The Balaban J connectivity index is 2.43. The summed E-state index contributed by atoms with van der Waals surface area (Å²) in [5, 5.41) is 1.49. The number of ether oxygens (including phenoxy) is 1. The quantitative estimate of drug-likeness (QED) is 0.447. The molecule has 0 bridgehead atoms. The van der Waals surface area contributed by atoms with Gasteiger partial charge in [-0.15, -0.1) is 0 Å². The van der Waals surface area contributed by atoms with Crippen molar-refractivity contribution in [2.45, 2.75) is 31.5 Å². The summed E-state index contributed by atoms with van der Waals surface area (Å²) in [6, 6.07) is 7.53. The molecule has 0 atom stereocenters. The van der Waals surface area contributed by atoms with E-state index in [0.29, 0.717) is 12.0 Å². The number of aromatic nitrogens is 2. The molecule has 0 N–H and O–H groups in total. The van der Waals surface area contributed by atoms with Gasteiger partial charge in [-0.1, -0.05) is 37.2 Å². The normalized spacial score (nSPS) is 11.1. The third-order valence-corrected chi connectivity index (χ3v) is 4.02. The van der Waals surface area contributed by atoms with Gasteiger partial charge in [-0.3, -0.25) is 9.36 Å². The Morgan fingerprint density at radius 3 is 2.90 bits per heavy atom. The number of methoxy groups -OCH3 is 1. The summed E-state index contributed by atoms with van der Waals surface area (Å²) in [6.07, 6.45) is 2.04. The summed E-state index contributed by atoms with van der Waals surface area (Å²) in [7, 11) is 1.68. The van der Waals surface area contributed by atoms with Crippen LogP contribution >= 0.6 is 11.8 Å². The van der Waals surface area contributed by atoms with Gasteiger partial charge in [-0.05, 0) is 18.6 Å². The van der Waals surface area contributed by atoms with Gasteiger partial charge in [0.25, 0.3) is 5.56 Å². The van der Waals surface area contributed by atoms with E-state index in [-0.39, 0.29) is 5.56 Å². The minimum Gasteiger partial charge on any atom is -0.384 e. The van der Waals surface area contributed by atoms with Crippen molar-refractivity contribution < 1.29 is 4.74 Å². The third-order valence-electron chi connectivity index (χ3n) is 3.08. The van der Waals surface area contributed by atoms with Crippen LogP contribution in [0, 0.1) is 0 Å². The van der Waals surface area contributed by atoms with Gasteiger partial charge >= 0.3 is 0 Å². The van der Waals surface area contributed by atoms with Gasteiger partial charge in [-0.25, -0.2) is 4.98 Å². The Morgan fingerprint density at radius 2 is 2.15 bits per heavy atom. The van der Waals surface area contributed by atoms with Crippen LogP contribution in [0.3, 0.4) is 0 Å². The van der Waals surface area contributed by atoms with Crippen LogP contribution in [0.2, 0.25) is 0 Å². The summed E-state index contributed by atoms with van der Waals surface area (Å²) in [5.74, 6) is 0.799. The van der Waals surface area contributed by atoms with Gasteiger partial charge in [0, 0.05) is 19.4 Å². The van der Waals surface area contributed by atoms with E-state index in [9.17, 15) is 4.79 Å². The molecule has 0 amide bonds. The second kappa shape index (κ2) is 7.45. The molecule has 20 heavy (non-hydrogen) atoms. The van der Waals surface area contributed by atoms with Crippen molar-refractivity contribution in [2.24, 2.45) is 0 Å². The van der Waals surface area contributed by atoms with E-state index in [1.54, 1.807) is 23.4 Å². The number of hydrogen-bond acceptors (Lipinski definition) is 4. The first-order valence-electron chi connectivity index (χ1n) is 6.89. The molecule has 0 saturated carbocycles. The van der Waals surface area contributed by atoms with Crippen LogP contribution < -0.4 is 5.56 Å². The van der Waals surface area contributed by atoms with Crippen molar-refractivity contribution in [3.8, 4) is 0 Å². The molecule has 0 unspecified atom stereocenters. The van der Waals surface area contributed by atoms with Gasteiger partial charge in [-0.2, -0.15) is 0 Å². The highest BCUT2D eigenvalue weighted by Crippen LogP contribution is 2.18. The summed E-state index contributed by atoms with van der Waals surface area (Å²) < 4.78 is 6.86. The van der Waals surface area contributed by atoms with Crippen molar-refractivity contribution in [3.05, 3.63) is 34.6 Å². The van der Waals surface area contributed by atoms with Crippen LogP contribution in [-0.2, 0) is 11.3 Å². The highest BCUT2D eigenvalue weighted by atomic mass is 32.2. The Morgan fingerprint density at radius 1 is 1.35 bits per heavy atom. The molecule has 1 heterocycles. The fourth-order valence-corrected chi connectivity index (χ4v) is 2.91. The molecular weight excluding hydrogens is 272 g/mol. The van der Waals surface area contributed by atoms with Crippen LogP contribution in [-0.4, -0.2) is 29.0 Å². The Labute approximate surface area is 123 Å². The highest BCUT2D eigenvalue weighted by Gasteiger charge is 2.10. The molecule has 5 heteroatoms. The predicted molar refractivity (Wildman–Crippen MR) is 83.5 cm³/mol. The lowest BCUT2D eigenvalue weighted by molar-refractivity contribution is 0.218. The van der Waals surface area contributed by atoms with E-state index >= 15 is 0 Å². The first-order chi connectivity index (χ1) is 9.77. The zero-order valence-corrected chi connectivity index (χ0v) is 12.8. The maximum Gasteiger partial charge on any atom is 0.262 e. The van der Waals surface area contributed by atoms with Crippen LogP contribution in [0.1, 0.15) is 19.8 Å². The van der Waals surface area contributed by atoms with Crippen LogP contribution in [0.4, 0.5) is 0 Å². The van der Waals surface area contributed by atoms with Crippen molar-refractivity contribution in [2.75, 3.05) is 19.5 Å². The fourth-order valence-electron chi connectivity index (χ4n) is 1.99. The first kappa shape index (κ1) is 15.1. The summed E-state index contributed by atoms with van der Waals surface area (Å²) in [5.41, 5.74) is 0.828. The van der Waals surface area contributed by atoms with Gasteiger partial charge in [0.05, 0.1) is 17.5 Å². The van der Waals surface area contributed by atoms with E-state index in [2.05, 4.69) is 11.9 Å². The topological polar surface area (TPSA) is 44.1 Å². The Hall–Kier alpha value is -1.33. The molecule has 2 aromatic rings. The lowest BCUT2D eigenvalue weighted by Gasteiger charge is -2.12. The van der Waals surface area contributed by atoms with E-state index in [0.717, 1.165) is 35.8 Å². The lowest BCUT2D eigenvalue weighted by atomic mass is 10.2. The SMILES string of the molecule is CCCCn1c(SCCOC)nc2ccccc2c1=O. The number of benzene rings is 1. The fraction of sp³-hybridized carbons (Fsp3) is 0.467. The molecule has 1 aromatic carbocycles. The number of para-hydroxylation sites is 1. The molecule has 0 saturated heterocycles. The molecule has 0 radical (unpaired) electrons. The molecule has 0 aliphatic carbocycles. The Kier molecular flexibility index (Phi) is 5.61. The van der Waals surface area contributed by atoms with E-state index in [1.165, 1.54) is 0 Å². The van der Waals surface area contributed by atoms with Gasteiger partial charge in [0.1, 0.15) is 0 Å². The minimum atomic E-state index is 0.0592. The molecule has 1 aromatic heterocycles. The molecule has 2 rings (SSSR count). The smallest absolute Gasteiger partial charge is 0.262 e. The van der Waals surface area contributed by atoms with E-state index < -0.39 is 0 Å². The molecule has 108 valence electrons. The van der Waals surface area contributed by atoms with Crippen molar-refractivity contribution in [1.82, 2.24) is 9.55 Å². The third kappa shape index (κ3) is 3.41. The largest absolute Gasteiger partial charge is 0.384 e. The highest BCUT2D eigenvalue weighted by molar-refractivity contribution is 7.99. The number of unbranched alkanes of at least 4 members (excludes halogenated alkanes) is 1. The molecule has 0 aliphatic rings. The molecular formula is C15H20N2O2S. The van der Waals surface area contributed by atoms with Gasteiger partial charge < -0.3 is 4.74 Å². The minimum absolute atomic E-state index is 0.0592.